The van der Waals surface area contributed by atoms with Crippen molar-refractivity contribution in [1.82, 2.24) is 0 Å². The van der Waals surface area contributed by atoms with Crippen molar-refractivity contribution in [2.45, 2.75) is 6.42 Å². The van der Waals surface area contributed by atoms with E-state index in [2.05, 4.69) is 15.9 Å². The van der Waals surface area contributed by atoms with E-state index < -0.39 is 11.7 Å². The number of Topliss-reactive ketones (excluding diaryl/α,β-unsaturated/α-hetero) is 1. The third kappa shape index (κ3) is 3.41. The molecule has 0 aliphatic carbocycles. The van der Waals surface area contributed by atoms with Crippen LogP contribution < -0.4 is 9.64 Å². The number of ether oxygens (including phenoxy) is 1. The highest BCUT2D eigenvalue weighted by molar-refractivity contribution is 9.10. The Labute approximate surface area is 147 Å². The number of hydrogen-bond acceptors (Lipinski definition) is 3. The summed E-state index contributed by atoms with van der Waals surface area (Å²) >= 11 is 9.25. The SMILES string of the molecule is O=C1C(=O)N(CCCOc2ccc(Br)cc2)c2ccc(Cl)cc21. The zero-order valence-electron chi connectivity index (χ0n) is 12.1. The monoisotopic (exact) mass is 393 g/mol. The van der Waals surface area contributed by atoms with Gasteiger partial charge in [0.05, 0.1) is 17.9 Å². The third-order valence-corrected chi connectivity index (χ3v) is 4.31. The lowest BCUT2D eigenvalue weighted by molar-refractivity contribution is -0.114. The van der Waals surface area contributed by atoms with Crippen LogP contribution in [0.25, 0.3) is 0 Å². The van der Waals surface area contributed by atoms with Gasteiger partial charge in [0.2, 0.25) is 0 Å². The summed E-state index contributed by atoms with van der Waals surface area (Å²) in [4.78, 5) is 25.5. The predicted molar refractivity (Wildman–Crippen MR) is 92.4 cm³/mol. The van der Waals surface area contributed by atoms with E-state index >= 15 is 0 Å². The van der Waals surface area contributed by atoms with E-state index in [1.165, 1.54) is 11.0 Å². The van der Waals surface area contributed by atoms with Crippen LogP contribution in [0.4, 0.5) is 5.69 Å². The van der Waals surface area contributed by atoms with Gasteiger partial charge in [-0.3, -0.25) is 9.59 Å². The van der Waals surface area contributed by atoms with E-state index in [9.17, 15) is 9.59 Å². The summed E-state index contributed by atoms with van der Waals surface area (Å²) in [5.41, 5.74) is 0.990. The number of rotatable bonds is 5. The minimum Gasteiger partial charge on any atom is -0.494 e. The Morgan fingerprint density at radius 3 is 2.57 bits per heavy atom. The molecule has 0 radical (unpaired) electrons. The van der Waals surface area contributed by atoms with Crippen molar-refractivity contribution in [3.8, 4) is 5.75 Å². The van der Waals surface area contributed by atoms with Gasteiger partial charge in [-0.25, -0.2) is 0 Å². The van der Waals surface area contributed by atoms with Gasteiger partial charge in [-0.1, -0.05) is 27.5 Å². The number of ketones is 1. The molecule has 0 atom stereocenters. The van der Waals surface area contributed by atoms with Gasteiger partial charge in [0.25, 0.3) is 11.7 Å². The van der Waals surface area contributed by atoms with Crippen molar-refractivity contribution in [1.29, 1.82) is 0 Å². The van der Waals surface area contributed by atoms with E-state index in [4.69, 9.17) is 16.3 Å². The van der Waals surface area contributed by atoms with Crippen LogP contribution in [-0.2, 0) is 4.79 Å². The minimum atomic E-state index is -0.508. The highest BCUT2D eigenvalue weighted by Gasteiger charge is 2.35. The highest BCUT2D eigenvalue weighted by atomic mass is 79.9. The molecule has 6 heteroatoms. The maximum absolute atomic E-state index is 12.1. The first kappa shape index (κ1) is 16.0. The molecular weight excluding hydrogens is 382 g/mol. The van der Waals surface area contributed by atoms with Gasteiger partial charge in [0.1, 0.15) is 5.75 Å². The Morgan fingerprint density at radius 1 is 1.09 bits per heavy atom. The van der Waals surface area contributed by atoms with Crippen molar-refractivity contribution in [2.75, 3.05) is 18.1 Å². The van der Waals surface area contributed by atoms with Crippen molar-refractivity contribution < 1.29 is 14.3 Å². The molecule has 0 N–H and O–H groups in total. The van der Waals surface area contributed by atoms with Crippen LogP contribution in [0.15, 0.2) is 46.9 Å². The molecule has 118 valence electrons. The largest absolute Gasteiger partial charge is 0.494 e. The topological polar surface area (TPSA) is 46.6 Å². The Kier molecular flexibility index (Phi) is 4.68. The van der Waals surface area contributed by atoms with E-state index in [1.54, 1.807) is 12.1 Å². The molecule has 0 saturated heterocycles. The van der Waals surface area contributed by atoms with Crippen molar-refractivity contribution in [3.63, 3.8) is 0 Å². The molecule has 1 heterocycles. The lowest BCUT2D eigenvalue weighted by Gasteiger charge is -2.16. The van der Waals surface area contributed by atoms with Crippen LogP contribution in [0, 0.1) is 0 Å². The molecule has 4 nitrogen and oxygen atoms in total. The molecule has 0 aromatic heterocycles. The standard InChI is InChI=1S/C17H13BrClNO3/c18-11-2-5-13(6-3-11)23-9-1-8-20-15-7-4-12(19)10-14(15)16(21)17(20)22/h2-7,10H,1,8-9H2. The Balaban J connectivity index is 1.59. The number of carbonyl (C=O) groups is 2. The van der Waals surface area contributed by atoms with E-state index in [0.29, 0.717) is 35.8 Å². The number of fused-ring (bicyclic) bond motifs is 1. The van der Waals surface area contributed by atoms with Crippen LogP contribution in [-0.4, -0.2) is 24.8 Å². The first-order valence-electron chi connectivity index (χ1n) is 7.10. The lowest BCUT2D eigenvalue weighted by Crippen LogP contribution is -2.31. The number of hydrogen-bond donors (Lipinski definition) is 0. The van der Waals surface area contributed by atoms with E-state index in [1.807, 2.05) is 24.3 Å². The molecule has 23 heavy (non-hydrogen) atoms. The molecular formula is C17H13BrClNO3. The number of nitrogens with zero attached hydrogens (tertiary/aromatic N) is 1. The van der Waals surface area contributed by atoms with Crippen molar-refractivity contribution in [2.24, 2.45) is 0 Å². The minimum absolute atomic E-state index is 0.372. The maximum atomic E-state index is 12.1. The molecule has 0 saturated carbocycles. The first-order valence-corrected chi connectivity index (χ1v) is 8.27. The zero-order valence-corrected chi connectivity index (χ0v) is 14.4. The van der Waals surface area contributed by atoms with Crippen molar-refractivity contribution >= 4 is 44.9 Å². The summed E-state index contributed by atoms with van der Waals surface area (Å²) in [5.74, 6) is -0.244. The first-order chi connectivity index (χ1) is 11.1. The average molecular weight is 395 g/mol. The van der Waals surface area contributed by atoms with E-state index in [-0.39, 0.29) is 0 Å². The number of carbonyl (C=O) groups excluding carboxylic acids is 2. The molecule has 1 aliphatic rings. The lowest BCUT2D eigenvalue weighted by atomic mass is 10.1. The smallest absolute Gasteiger partial charge is 0.299 e. The second-order valence-electron chi connectivity index (χ2n) is 5.10. The summed E-state index contributed by atoms with van der Waals surface area (Å²) < 4.78 is 6.61. The normalized spacial score (nSPS) is 13.4. The van der Waals surface area contributed by atoms with Gasteiger partial charge in [-0.05, 0) is 48.9 Å². The molecule has 1 aliphatic heterocycles. The number of benzene rings is 2. The fraction of sp³-hybridized carbons (Fsp3) is 0.176. The number of anilines is 1. The maximum Gasteiger partial charge on any atom is 0.299 e. The van der Waals surface area contributed by atoms with Crippen LogP contribution in [0.3, 0.4) is 0 Å². The predicted octanol–water partition coefficient (Wildman–Crippen LogP) is 4.10. The number of halogens is 2. The van der Waals surface area contributed by atoms with Gasteiger partial charge in [-0.2, -0.15) is 0 Å². The summed E-state index contributed by atoms with van der Waals surface area (Å²) in [6, 6.07) is 12.5. The van der Waals surface area contributed by atoms with Crippen molar-refractivity contribution in [3.05, 3.63) is 57.5 Å². The fourth-order valence-corrected chi connectivity index (χ4v) is 2.87. The summed E-state index contributed by atoms with van der Waals surface area (Å²) in [7, 11) is 0. The Morgan fingerprint density at radius 2 is 1.83 bits per heavy atom. The molecule has 0 fully saturated rings. The second-order valence-corrected chi connectivity index (χ2v) is 6.46. The fourth-order valence-electron chi connectivity index (χ4n) is 2.44. The second kappa shape index (κ2) is 6.72. The third-order valence-electron chi connectivity index (χ3n) is 3.54. The van der Waals surface area contributed by atoms with Gasteiger partial charge >= 0.3 is 0 Å². The molecule has 0 spiro atoms. The van der Waals surface area contributed by atoms with Crippen LogP contribution in [0.1, 0.15) is 16.8 Å². The molecule has 1 amide bonds. The van der Waals surface area contributed by atoms with Gasteiger partial charge in [0, 0.05) is 16.0 Å². The molecule has 0 unspecified atom stereocenters. The van der Waals surface area contributed by atoms with Crippen LogP contribution in [0.2, 0.25) is 5.02 Å². The van der Waals surface area contributed by atoms with Gasteiger partial charge in [0.15, 0.2) is 0 Å². The van der Waals surface area contributed by atoms with Gasteiger partial charge in [-0.15, -0.1) is 0 Å². The number of amides is 1. The van der Waals surface area contributed by atoms with Crippen LogP contribution in [0.5, 0.6) is 5.75 Å². The quantitative estimate of drug-likeness (QED) is 0.566. The molecule has 3 rings (SSSR count). The Bertz CT molecular complexity index is 761. The highest BCUT2D eigenvalue weighted by Crippen LogP contribution is 2.31. The van der Waals surface area contributed by atoms with E-state index in [0.717, 1.165) is 10.2 Å². The average Bonchev–Trinajstić information content (AvgIpc) is 2.77. The Hall–Kier alpha value is -1.85. The summed E-state index contributed by atoms with van der Waals surface area (Å²) in [5, 5.41) is 0.449. The molecule has 2 aromatic rings. The molecule has 0 bridgehead atoms. The summed E-state index contributed by atoms with van der Waals surface area (Å²) in [6.45, 7) is 0.887. The zero-order chi connectivity index (χ0) is 16.4. The van der Waals surface area contributed by atoms with Crippen LogP contribution >= 0.6 is 27.5 Å². The molecule has 2 aromatic carbocycles. The summed E-state index contributed by atoms with van der Waals surface area (Å²) in [6.07, 6.45) is 0.622. The van der Waals surface area contributed by atoms with Gasteiger partial charge < -0.3 is 9.64 Å².